The van der Waals surface area contributed by atoms with E-state index >= 15 is 0 Å². The molecule has 0 spiro atoms. The number of carbonyl (C=O) groups is 2. The van der Waals surface area contributed by atoms with Crippen LogP contribution in [-0.4, -0.2) is 24.6 Å². The minimum atomic E-state index is -0.343. The van der Waals surface area contributed by atoms with E-state index in [1.54, 1.807) is 6.07 Å². The molecule has 0 saturated carbocycles. The van der Waals surface area contributed by atoms with Gasteiger partial charge in [-0.05, 0) is 54.8 Å². The van der Waals surface area contributed by atoms with Gasteiger partial charge >= 0.3 is 0 Å². The van der Waals surface area contributed by atoms with Crippen LogP contribution in [0.2, 0.25) is 0 Å². The Balaban J connectivity index is 1.49. The molecule has 3 rings (SSSR count). The maximum Gasteiger partial charge on any atom is 0.240 e. The number of rotatable bonds is 11. The first-order chi connectivity index (χ1) is 16.5. The van der Waals surface area contributed by atoms with Gasteiger partial charge < -0.3 is 14.8 Å². The average Bonchev–Trinajstić information content (AvgIpc) is 2.84. The van der Waals surface area contributed by atoms with Gasteiger partial charge in [0.25, 0.3) is 0 Å². The number of para-hydroxylation sites is 1. The summed E-state index contributed by atoms with van der Waals surface area (Å²) < 4.78 is 11.6. The number of hydrazone groups is 1. The third-order valence-electron chi connectivity index (χ3n) is 4.91. The molecule has 176 valence electrons. The van der Waals surface area contributed by atoms with E-state index in [0.29, 0.717) is 24.7 Å². The molecule has 3 aromatic rings. The highest BCUT2D eigenvalue weighted by molar-refractivity contribution is 5.94. The molecule has 0 fully saturated rings. The number of aryl methyl sites for hydroxylation is 1. The summed E-state index contributed by atoms with van der Waals surface area (Å²) in [6, 6.07) is 22.8. The molecule has 0 aromatic heterocycles. The van der Waals surface area contributed by atoms with Gasteiger partial charge in [-0.25, -0.2) is 5.43 Å². The van der Waals surface area contributed by atoms with Crippen LogP contribution >= 0.6 is 0 Å². The summed E-state index contributed by atoms with van der Waals surface area (Å²) in [4.78, 5) is 24.1. The summed E-state index contributed by atoms with van der Waals surface area (Å²) in [6.07, 6.45) is 1.62. The van der Waals surface area contributed by atoms with Gasteiger partial charge in [0.1, 0.15) is 6.61 Å². The van der Waals surface area contributed by atoms with Gasteiger partial charge in [0.15, 0.2) is 11.5 Å². The van der Waals surface area contributed by atoms with Crippen LogP contribution in [-0.2, 0) is 16.2 Å². The van der Waals surface area contributed by atoms with Crippen LogP contribution in [0.1, 0.15) is 36.5 Å². The standard InChI is InChI=1S/C27H29N3O4/c1-3-33-25-17-22(13-14-24(25)34-19-21-10-5-4-6-11-21)18-28-30-27(32)16-15-26(31)29-23-12-8-7-9-20(23)2/h4-14,17-18H,3,15-16,19H2,1-2H3,(H,29,31)(H,30,32). The molecule has 2 N–H and O–H groups in total. The van der Waals surface area contributed by atoms with Gasteiger partial charge in [-0.15, -0.1) is 0 Å². The highest BCUT2D eigenvalue weighted by atomic mass is 16.5. The van der Waals surface area contributed by atoms with Crippen molar-refractivity contribution in [2.45, 2.75) is 33.3 Å². The Kier molecular flexibility index (Phi) is 9.22. The maximum atomic E-state index is 12.1. The van der Waals surface area contributed by atoms with Crippen molar-refractivity contribution in [1.29, 1.82) is 0 Å². The van der Waals surface area contributed by atoms with E-state index in [1.165, 1.54) is 6.21 Å². The molecular formula is C27H29N3O4. The molecule has 0 aliphatic heterocycles. The molecule has 7 nitrogen and oxygen atoms in total. The fourth-order valence-corrected chi connectivity index (χ4v) is 3.12. The smallest absolute Gasteiger partial charge is 0.240 e. The molecule has 0 atom stereocenters. The summed E-state index contributed by atoms with van der Waals surface area (Å²) in [5.74, 6) is 0.665. The third kappa shape index (κ3) is 7.78. The van der Waals surface area contributed by atoms with Crippen molar-refractivity contribution in [3.8, 4) is 11.5 Å². The second-order valence-corrected chi connectivity index (χ2v) is 7.57. The zero-order valence-electron chi connectivity index (χ0n) is 19.4. The van der Waals surface area contributed by atoms with Crippen molar-refractivity contribution in [3.63, 3.8) is 0 Å². The number of carbonyl (C=O) groups excluding carboxylic acids is 2. The van der Waals surface area contributed by atoms with Crippen molar-refractivity contribution >= 4 is 23.7 Å². The summed E-state index contributed by atoms with van der Waals surface area (Å²) in [6.45, 7) is 4.73. The Bertz CT molecular complexity index is 1130. The van der Waals surface area contributed by atoms with E-state index in [9.17, 15) is 9.59 Å². The monoisotopic (exact) mass is 459 g/mol. The molecule has 0 bridgehead atoms. The number of benzene rings is 3. The number of ether oxygens (including phenoxy) is 2. The second kappa shape index (κ2) is 12.8. The van der Waals surface area contributed by atoms with Crippen molar-refractivity contribution in [2.24, 2.45) is 5.10 Å². The zero-order valence-corrected chi connectivity index (χ0v) is 19.4. The minimum Gasteiger partial charge on any atom is -0.490 e. The lowest BCUT2D eigenvalue weighted by atomic mass is 10.2. The molecule has 0 heterocycles. The van der Waals surface area contributed by atoms with Gasteiger partial charge in [-0.2, -0.15) is 5.10 Å². The molecule has 0 aliphatic rings. The first kappa shape index (κ1) is 24.5. The van der Waals surface area contributed by atoms with E-state index in [2.05, 4.69) is 15.8 Å². The van der Waals surface area contributed by atoms with Crippen molar-refractivity contribution in [3.05, 3.63) is 89.5 Å². The van der Waals surface area contributed by atoms with Crippen molar-refractivity contribution in [1.82, 2.24) is 5.43 Å². The van der Waals surface area contributed by atoms with Gasteiger partial charge in [-0.3, -0.25) is 9.59 Å². The number of hydrogen-bond acceptors (Lipinski definition) is 5. The fraction of sp³-hybridized carbons (Fsp3) is 0.222. The van der Waals surface area contributed by atoms with Gasteiger partial charge in [0.2, 0.25) is 11.8 Å². The largest absolute Gasteiger partial charge is 0.490 e. The normalized spacial score (nSPS) is 10.6. The van der Waals surface area contributed by atoms with E-state index in [0.717, 1.165) is 22.4 Å². The molecule has 3 aromatic carbocycles. The van der Waals surface area contributed by atoms with Gasteiger partial charge in [0.05, 0.1) is 12.8 Å². The summed E-state index contributed by atoms with van der Waals surface area (Å²) in [7, 11) is 0. The predicted molar refractivity (Wildman–Crippen MR) is 133 cm³/mol. The number of nitrogens with one attached hydrogen (secondary N) is 2. The number of anilines is 1. The highest BCUT2D eigenvalue weighted by Gasteiger charge is 2.09. The van der Waals surface area contributed by atoms with Gasteiger partial charge in [-0.1, -0.05) is 48.5 Å². The Morgan fingerprint density at radius 3 is 2.38 bits per heavy atom. The fourth-order valence-electron chi connectivity index (χ4n) is 3.12. The topological polar surface area (TPSA) is 89.0 Å². The SMILES string of the molecule is CCOc1cc(C=NNC(=O)CCC(=O)Nc2ccccc2C)ccc1OCc1ccccc1. The quantitative estimate of drug-likeness (QED) is 0.317. The van der Waals surface area contributed by atoms with Crippen LogP contribution in [0, 0.1) is 6.92 Å². The zero-order chi connectivity index (χ0) is 24.2. The van der Waals surface area contributed by atoms with Crippen molar-refractivity contribution < 1.29 is 19.1 Å². The van der Waals surface area contributed by atoms with E-state index in [4.69, 9.17) is 9.47 Å². The first-order valence-corrected chi connectivity index (χ1v) is 11.2. The van der Waals surface area contributed by atoms with E-state index in [1.807, 2.05) is 80.6 Å². The summed E-state index contributed by atoms with van der Waals surface area (Å²) in [5.41, 5.74) is 5.97. The molecule has 0 aliphatic carbocycles. The Labute approximate surface area is 199 Å². The molecule has 0 unspecified atom stereocenters. The minimum absolute atomic E-state index is 0.0332. The lowest BCUT2D eigenvalue weighted by Crippen LogP contribution is -2.20. The van der Waals surface area contributed by atoms with Crippen LogP contribution < -0.4 is 20.2 Å². The van der Waals surface area contributed by atoms with Crippen LogP contribution in [0.25, 0.3) is 0 Å². The highest BCUT2D eigenvalue weighted by Crippen LogP contribution is 2.29. The molecule has 0 saturated heterocycles. The Morgan fingerprint density at radius 1 is 0.882 bits per heavy atom. The van der Waals surface area contributed by atoms with E-state index < -0.39 is 0 Å². The average molecular weight is 460 g/mol. The van der Waals surface area contributed by atoms with Crippen LogP contribution in [0.5, 0.6) is 11.5 Å². The molecule has 2 amide bonds. The lowest BCUT2D eigenvalue weighted by Gasteiger charge is -2.12. The third-order valence-corrected chi connectivity index (χ3v) is 4.91. The molecule has 34 heavy (non-hydrogen) atoms. The Hall–Kier alpha value is -4.13. The lowest BCUT2D eigenvalue weighted by molar-refractivity contribution is -0.124. The summed E-state index contributed by atoms with van der Waals surface area (Å²) >= 11 is 0. The summed E-state index contributed by atoms with van der Waals surface area (Å²) in [5, 5.41) is 6.80. The van der Waals surface area contributed by atoms with Crippen LogP contribution in [0.15, 0.2) is 77.9 Å². The maximum absolute atomic E-state index is 12.1. The molecule has 0 radical (unpaired) electrons. The van der Waals surface area contributed by atoms with E-state index in [-0.39, 0.29) is 24.7 Å². The first-order valence-electron chi connectivity index (χ1n) is 11.2. The number of hydrogen-bond donors (Lipinski definition) is 2. The predicted octanol–water partition coefficient (Wildman–Crippen LogP) is 4.84. The number of nitrogens with zero attached hydrogens (tertiary/aromatic N) is 1. The van der Waals surface area contributed by atoms with Crippen LogP contribution in [0.4, 0.5) is 5.69 Å². The van der Waals surface area contributed by atoms with Crippen LogP contribution in [0.3, 0.4) is 0 Å². The van der Waals surface area contributed by atoms with Gasteiger partial charge in [0, 0.05) is 18.5 Å². The van der Waals surface area contributed by atoms with Crippen molar-refractivity contribution in [2.75, 3.05) is 11.9 Å². The molecular weight excluding hydrogens is 430 g/mol. The Morgan fingerprint density at radius 2 is 1.62 bits per heavy atom. The molecule has 7 heteroatoms. The second-order valence-electron chi connectivity index (χ2n) is 7.57. The number of amides is 2.